The molecule has 0 bridgehead atoms. The molecule has 3 rings (SSSR count). The Labute approximate surface area is 170 Å². The van der Waals surface area contributed by atoms with Crippen molar-refractivity contribution in [1.82, 2.24) is 14.9 Å². The number of nitrogen functional groups attached to an aromatic ring is 1. The van der Waals surface area contributed by atoms with Crippen LogP contribution in [0.2, 0.25) is 5.02 Å². The van der Waals surface area contributed by atoms with Gasteiger partial charge in [0, 0.05) is 5.56 Å². The number of aromatic nitrogens is 3. The Morgan fingerprint density at radius 2 is 1.89 bits per heavy atom. The van der Waals surface area contributed by atoms with Crippen LogP contribution in [-0.2, 0) is 9.53 Å². The fourth-order valence-electron chi connectivity index (χ4n) is 2.40. The highest BCUT2D eigenvalue weighted by Crippen LogP contribution is 2.27. The summed E-state index contributed by atoms with van der Waals surface area (Å²) in [5, 5.41) is 11.6. The van der Waals surface area contributed by atoms with Crippen molar-refractivity contribution in [3.8, 4) is 11.4 Å². The SMILES string of the molecule is COC(=O)c1ccccc1NC(=O)CSc1nnc(-c2ccccc2Cl)n1N. The topological polar surface area (TPSA) is 112 Å². The van der Waals surface area contributed by atoms with Crippen molar-refractivity contribution in [2.75, 3.05) is 24.0 Å². The predicted molar refractivity (Wildman–Crippen MR) is 108 cm³/mol. The number of anilines is 1. The van der Waals surface area contributed by atoms with Crippen molar-refractivity contribution in [3.63, 3.8) is 0 Å². The summed E-state index contributed by atoms with van der Waals surface area (Å²) in [6.07, 6.45) is 0. The van der Waals surface area contributed by atoms with Crippen molar-refractivity contribution in [2.24, 2.45) is 0 Å². The molecular formula is C18H16ClN5O3S. The fraction of sp³-hybridized carbons (Fsp3) is 0.111. The average molecular weight is 418 g/mol. The zero-order valence-electron chi connectivity index (χ0n) is 14.8. The first-order chi connectivity index (χ1) is 13.5. The Morgan fingerprint density at radius 3 is 2.64 bits per heavy atom. The molecule has 10 heteroatoms. The Balaban J connectivity index is 1.68. The number of esters is 1. The zero-order valence-corrected chi connectivity index (χ0v) is 16.3. The van der Waals surface area contributed by atoms with Gasteiger partial charge < -0.3 is 15.9 Å². The van der Waals surface area contributed by atoms with Gasteiger partial charge in [0.25, 0.3) is 0 Å². The smallest absolute Gasteiger partial charge is 0.339 e. The van der Waals surface area contributed by atoms with Crippen LogP contribution in [0.25, 0.3) is 11.4 Å². The number of rotatable bonds is 6. The second-order valence-electron chi connectivity index (χ2n) is 5.53. The lowest BCUT2D eigenvalue weighted by molar-refractivity contribution is -0.113. The van der Waals surface area contributed by atoms with Crippen LogP contribution in [0.1, 0.15) is 10.4 Å². The molecule has 144 valence electrons. The van der Waals surface area contributed by atoms with Gasteiger partial charge in [0.2, 0.25) is 11.1 Å². The van der Waals surface area contributed by atoms with Crippen molar-refractivity contribution < 1.29 is 14.3 Å². The van der Waals surface area contributed by atoms with Crippen molar-refractivity contribution >= 4 is 40.9 Å². The van der Waals surface area contributed by atoms with E-state index in [1.54, 1.807) is 42.5 Å². The van der Waals surface area contributed by atoms with Gasteiger partial charge in [-0.1, -0.05) is 47.6 Å². The average Bonchev–Trinajstić information content (AvgIpc) is 3.07. The molecule has 1 aromatic heterocycles. The van der Waals surface area contributed by atoms with Gasteiger partial charge in [-0.2, -0.15) is 0 Å². The van der Waals surface area contributed by atoms with Crippen LogP contribution >= 0.6 is 23.4 Å². The summed E-state index contributed by atoms with van der Waals surface area (Å²) in [5.74, 6) is 5.60. The van der Waals surface area contributed by atoms with Crippen LogP contribution in [0.4, 0.5) is 5.69 Å². The molecule has 3 aromatic rings. The first kappa shape index (κ1) is 19.7. The first-order valence-electron chi connectivity index (χ1n) is 8.06. The number of nitrogens with two attached hydrogens (primary N) is 1. The van der Waals surface area contributed by atoms with Gasteiger partial charge in [0.1, 0.15) is 0 Å². The number of carbonyl (C=O) groups excluding carboxylic acids is 2. The van der Waals surface area contributed by atoms with Crippen molar-refractivity contribution in [3.05, 3.63) is 59.1 Å². The maximum atomic E-state index is 12.3. The molecule has 0 saturated heterocycles. The lowest BCUT2D eigenvalue weighted by atomic mass is 10.2. The van der Waals surface area contributed by atoms with E-state index in [1.165, 1.54) is 11.8 Å². The summed E-state index contributed by atoms with van der Waals surface area (Å²) in [4.78, 5) is 24.1. The number of nitrogens with zero attached hydrogens (tertiary/aromatic N) is 3. The number of ether oxygens (including phenoxy) is 1. The lowest BCUT2D eigenvalue weighted by Gasteiger charge is -2.09. The molecule has 0 spiro atoms. The molecule has 0 aliphatic carbocycles. The number of nitrogens with one attached hydrogen (secondary N) is 1. The monoisotopic (exact) mass is 417 g/mol. The number of hydrogen-bond acceptors (Lipinski definition) is 7. The maximum Gasteiger partial charge on any atom is 0.339 e. The molecule has 3 N–H and O–H groups in total. The number of para-hydroxylation sites is 1. The van der Waals surface area contributed by atoms with Gasteiger partial charge in [0.05, 0.1) is 29.1 Å². The van der Waals surface area contributed by atoms with Crippen LogP contribution < -0.4 is 11.2 Å². The van der Waals surface area contributed by atoms with E-state index in [9.17, 15) is 9.59 Å². The van der Waals surface area contributed by atoms with Gasteiger partial charge in [0.15, 0.2) is 5.82 Å². The summed E-state index contributed by atoms with van der Waals surface area (Å²) < 4.78 is 5.99. The van der Waals surface area contributed by atoms with Gasteiger partial charge in [-0.3, -0.25) is 4.79 Å². The minimum Gasteiger partial charge on any atom is -0.465 e. The summed E-state index contributed by atoms with van der Waals surface area (Å²) in [7, 11) is 1.28. The molecule has 0 aliphatic rings. The van der Waals surface area contributed by atoms with Crippen molar-refractivity contribution in [2.45, 2.75) is 5.16 Å². The molecule has 2 aromatic carbocycles. The third-order valence-corrected chi connectivity index (χ3v) is 4.99. The zero-order chi connectivity index (χ0) is 20.1. The van der Waals surface area contributed by atoms with E-state index in [4.69, 9.17) is 22.2 Å². The van der Waals surface area contributed by atoms with E-state index in [2.05, 4.69) is 15.5 Å². The first-order valence-corrected chi connectivity index (χ1v) is 9.43. The number of methoxy groups -OCH3 is 1. The van der Waals surface area contributed by atoms with E-state index >= 15 is 0 Å². The quantitative estimate of drug-likeness (QED) is 0.360. The molecule has 8 nitrogen and oxygen atoms in total. The van der Waals surface area contributed by atoms with E-state index < -0.39 is 5.97 Å². The van der Waals surface area contributed by atoms with Crippen molar-refractivity contribution in [1.29, 1.82) is 0 Å². The second kappa shape index (κ2) is 8.77. The third kappa shape index (κ3) is 4.26. The summed E-state index contributed by atoms with van der Waals surface area (Å²) >= 11 is 7.27. The normalized spacial score (nSPS) is 10.5. The van der Waals surface area contributed by atoms with Crippen LogP contribution in [0.15, 0.2) is 53.7 Å². The standard InChI is InChI=1S/C18H16ClN5O3S/c1-27-17(26)12-7-3-5-9-14(12)21-15(25)10-28-18-23-22-16(24(18)20)11-6-2-4-8-13(11)19/h2-9H,10,20H2,1H3,(H,21,25). The highest BCUT2D eigenvalue weighted by Gasteiger charge is 2.17. The number of carbonyl (C=O) groups is 2. The maximum absolute atomic E-state index is 12.3. The number of thioether (sulfide) groups is 1. The highest BCUT2D eigenvalue weighted by molar-refractivity contribution is 7.99. The Morgan fingerprint density at radius 1 is 1.18 bits per heavy atom. The number of hydrogen-bond donors (Lipinski definition) is 2. The van der Waals surface area contributed by atoms with E-state index in [1.807, 2.05) is 6.07 Å². The fourth-order valence-corrected chi connectivity index (χ4v) is 3.27. The largest absolute Gasteiger partial charge is 0.465 e. The molecular weight excluding hydrogens is 402 g/mol. The molecule has 0 saturated carbocycles. The van der Waals surface area contributed by atoms with Crippen LogP contribution in [0, 0.1) is 0 Å². The molecule has 1 amide bonds. The second-order valence-corrected chi connectivity index (χ2v) is 6.88. The molecule has 0 unspecified atom stereocenters. The molecule has 28 heavy (non-hydrogen) atoms. The molecule has 0 fully saturated rings. The summed E-state index contributed by atoms with van der Waals surface area (Å²) in [6, 6.07) is 13.7. The molecule has 0 atom stereocenters. The number of amides is 1. The Bertz CT molecular complexity index is 1020. The van der Waals surface area contributed by atoms with Crippen LogP contribution in [-0.4, -0.2) is 39.6 Å². The van der Waals surface area contributed by atoms with Crippen LogP contribution in [0.3, 0.4) is 0 Å². The lowest BCUT2D eigenvalue weighted by Crippen LogP contribution is -2.18. The highest BCUT2D eigenvalue weighted by atomic mass is 35.5. The third-order valence-electron chi connectivity index (χ3n) is 3.72. The summed E-state index contributed by atoms with van der Waals surface area (Å²) in [5.41, 5.74) is 1.28. The predicted octanol–water partition coefficient (Wildman–Crippen LogP) is 2.83. The Hall–Kier alpha value is -3.04. The minimum absolute atomic E-state index is 0.0212. The van der Waals surface area contributed by atoms with Crippen LogP contribution in [0.5, 0.6) is 0 Å². The van der Waals surface area contributed by atoms with Gasteiger partial charge >= 0.3 is 5.97 Å². The molecule has 1 heterocycles. The van der Waals surface area contributed by atoms with E-state index in [0.717, 1.165) is 11.8 Å². The van der Waals surface area contributed by atoms with Gasteiger partial charge in [-0.25, -0.2) is 9.47 Å². The minimum atomic E-state index is -0.533. The molecule has 0 aliphatic heterocycles. The van der Waals surface area contributed by atoms with Gasteiger partial charge in [-0.15, -0.1) is 10.2 Å². The van der Waals surface area contributed by atoms with E-state index in [0.29, 0.717) is 27.3 Å². The number of benzene rings is 2. The Kier molecular flexibility index (Phi) is 6.17. The summed E-state index contributed by atoms with van der Waals surface area (Å²) in [6.45, 7) is 0. The van der Waals surface area contributed by atoms with Gasteiger partial charge in [-0.05, 0) is 24.3 Å². The van der Waals surface area contributed by atoms with E-state index in [-0.39, 0.29) is 17.2 Å². The number of halogens is 1. The molecule has 0 radical (unpaired) electrons.